The molecule has 1 fully saturated rings. The molecule has 5 heteroatoms. The van der Waals surface area contributed by atoms with E-state index in [0.717, 1.165) is 36.5 Å². The van der Waals surface area contributed by atoms with Crippen LogP contribution in [0.25, 0.3) is 0 Å². The van der Waals surface area contributed by atoms with Crippen molar-refractivity contribution in [2.75, 3.05) is 19.8 Å². The number of hydrogen-bond acceptors (Lipinski definition) is 5. The van der Waals surface area contributed by atoms with E-state index in [0.29, 0.717) is 13.2 Å². The highest BCUT2D eigenvalue weighted by Gasteiger charge is 2.26. The van der Waals surface area contributed by atoms with Crippen LogP contribution in [0.5, 0.6) is 11.5 Å². The molecule has 5 nitrogen and oxygen atoms in total. The summed E-state index contributed by atoms with van der Waals surface area (Å²) < 4.78 is 17.1. The van der Waals surface area contributed by atoms with Crippen LogP contribution in [0.3, 0.4) is 0 Å². The highest BCUT2D eigenvalue weighted by atomic mass is 16.5. The molecule has 0 spiro atoms. The Morgan fingerprint density at radius 2 is 2.00 bits per heavy atom. The zero-order chi connectivity index (χ0) is 15.1. The second kappa shape index (κ2) is 8.22. The number of hydrazine groups is 1. The first-order chi connectivity index (χ1) is 10.3. The zero-order valence-electron chi connectivity index (χ0n) is 12.9. The molecule has 2 atom stereocenters. The molecule has 0 radical (unpaired) electrons. The molecule has 0 aliphatic carbocycles. The van der Waals surface area contributed by atoms with E-state index < -0.39 is 0 Å². The molecule has 1 heterocycles. The van der Waals surface area contributed by atoms with Gasteiger partial charge in [0.1, 0.15) is 0 Å². The van der Waals surface area contributed by atoms with Gasteiger partial charge < -0.3 is 14.2 Å². The number of nitrogens with two attached hydrogens (primary N) is 1. The molecule has 0 amide bonds. The molecule has 0 aromatic heterocycles. The van der Waals surface area contributed by atoms with Crippen LogP contribution >= 0.6 is 0 Å². The van der Waals surface area contributed by atoms with Gasteiger partial charge >= 0.3 is 0 Å². The topological polar surface area (TPSA) is 65.7 Å². The minimum absolute atomic E-state index is 0.0276. The maximum atomic E-state index is 5.85. The van der Waals surface area contributed by atoms with E-state index in [1.54, 1.807) is 0 Å². The lowest BCUT2D eigenvalue weighted by atomic mass is 9.96. The van der Waals surface area contributed by atoms with Crippen LogP contribution < -0.4 is 20.7 Å². The fraction of sp³-hybridized carbons (Fsp3) is 0.625. The van der Waals surface area contributed by atoms with Crippen molar-refractivity contribution in [3.63, 3.8) is 0 Å². The third-order valence-electron chi connectivity index (χ3n) is 3.69. The second-order valence-corrected chi connectivity index (χ2v) is 5.12. The zero-order valence-corrected chi connectivity index (χ0v) is 12.9. The Morgan fingerprint density at radius 1 is 1.24 bits per heavy atom. The third kappa shape index (κ3) is 4.09. The van der Waals surface area contributed by atoms with Crippen LogP contribution in [-0.4, -0.2) is 25.9 Å². The van der Waals surface area contributed by atoms with E-state index in [1.165, 1.54) is 6.42 Å². The van der Waals surface area contributed by atoms with Crippen molar-refractivity contribution in [1.29, 1.82) is 0 Å². The van der Waals surface area contributed by atoms with Crippen molar-refractivity contribution in [2.24, 2.45) is 5.84 Å². The Kier molecular flexibility index (Phi) is 6.29. The van der Waals surface area contributed by atoms with E-state index in [2.05, 4.69) is 5.43 Å². The van der Waals surface area contributed by atoms with Gasteiger partial charge in [0.05, 0.1) is 25.4 Å². The van der Waals surface area contributed by atoms with Crippen molar-refractivity contribution in [3.05, 3.63) is 23.8 Å². The second-order valence-electron chi connectivity index (χ2n) is 5.12. The van der Waals surface area contributed by atoms with E-state index in [4.69, 9.17) is 20.1 Å². The summed E-state index contributed by atoms with van der Waals surface area (Å²) in [6.45, 7) is 5.95. The molecule has 118 valence electrons. The predicted molar refractivity (Wildman–Crippen MR) is 82.4 cm³/mol. The van der Waals surface area contributed by atoms with Gasteiger partial charge in [0.2, 0.25) is 0 Å². The van der Waals surface area contributed by atoms with Crippen molar-refractivity contribution < 1.29 is 14.2 Å². The lowest BCUT2D eigenvalue weighted by Crippen LogP contribution is -2.39. The standard InChI is InChI=1S/C16H26N2O3/c1-3-19-13-9-8-12(11-15(13)20-4-2)16(18-17)14-7-5-6-10-21-14/h8-9,11,14,16,18H,3-7,10,17H2,1-2H3. The minimum Gasteiger partial charge on any atom is -0.490 e. The van der Waals surface area contributed by atoms with Gasteiger partial charge in [0.15, 0.2) is 11.5 Å². The van der Waals surface area contributed by atoms with E-state index in [1.807, 2.05) is 32.0 Å². The van der Waals surface area contributed by atoms with Crippen molar-refractivity contribution in [2.45, 2.75) is 45.3 Å². The summed E-state index contributed by atoms with van der Waals surface area (Å²) >= 11 is 0. The van der Waals surface area contributed by atoms with E-state index in [9.17, 15) is 0 Å². The number of nitrogens with one attached hydrogen (secondary N) is 1. The molecule has 2 rings (SSSR count). The molecular formula is C16H26N2O3. The van der Waals surface area contributed by atoms with Crippen LogP contribution in [0.1, 0.15) is 44.7 Å². The summed E-state index contributed by atoms with van der Waals surface area (Å²) in [4.78, 5) is 0. The van der Waals surface area contributed by atoms with Gasteiger partial charge in [0.25, 0.3) is 0 Å². The summed E-state index contributed by atoms with van der Waals surface area (Å²) in [6, 6.07) is 5.93. The number of benzene rings is 1. The largest absolute Gasteiger partial charge is 0.490 e. The molecule has 1 aromatic carbocycles. The average Bonchev–Trinajstić information content (AvgIpc) is 2.52. The van der Waals surface area contributed by atoms with Crippen LogP contribution in [0.15, 0.2) is 18.2 Å². The first-order valence-corrected chi connectivity index (χ1v) is 7.77. The normalized spacial score (nSPS) is 20.0. The molecule has 1 saturated heterocycles. The summed E-state index contributed by atoms with van der Waals surface area (Å²) in [6.07, 6.45) is 3.43. The van der Waals surface area contributed by atoms with Gasteiger partial charge in [-0.2, -0.15) is 0 Å². The summed E-state index contributed by atoms with van der Waals surface area (Å²) in [5.74, 6) is 7.28. The Labute approximate surface area is 126 Å². The van der Waals surface area contributed by atoms with E-state index >= 15 is 0 Å². The van der Waals surface area contributed by atoms with Gasteiger partial charge in [-0.3, -0.25) is 11.3 Å². The molecule has 3 N–H and O–H groups in total. The average molecular weight is 294 g/mol. The summed E-state index contributed by atoms with van der Waals surface area (Å²) in [5.41, 5.74) is 3.95. The van der Waals surface area contributed by atoms with Crippen LogP contribution in [-0.2, 0) is 4.74 Å². The summed E-state index contributed by atoms with van der Waals surface area (Å²) in [5, 5.41) is 0. The fourth-order valence-electron chi connectivity index (χ4n) is 2.71. The Bertz CT molecular complexity index is 434. The van der Waals surface area contributed by atoms with Crippen molar-refractivity contribution >= 4 is 0 Å². The number of hydrogen-bond donors (Lipinski definition) is 2. The van der Waals surface area contributed by atoms with Crippen molar-refractivity contribution in [3.8, 4) is 11.5 Å². The lowest BCUT2D eigenvalue weighted by Gasteiger charge is -2.30. The predicted octanol–water partition coefficient (Wildman–Crippen LogP) is 2.56. The molecule has 0 saturated carbocycles. The Morgan fingerprint density at radius 3 is 2.62 bits per heavy atom. The monoisotopic (exact) mass is 294 g/mol. The lowest BCUT2D eigenvalue weighted by molar-refractivity contribution is -0.00826. The maximum Gasteiger partial charge on any atom is 0.161 e. The minimum atomic E-state index is -0.0276. The van der Waals surface area contributed by atoms with Crippen LogP contribution in [0, 0.1) is 0 Å². The summed E-state index contributed by atoms with van der Waals surface area (Å²) in [7, 11) is 0. The number of ether oxygens (including phenoxy) is 3. The SMILES string of the molecule is CCOc1ccc(C(NN)C2CCCCO2)cc1OCC. The highest BCUT2D eigenvalue weighted by molar-refractivity contribution is 5.44. The molecule has 1 aliphatic rings. The first kappa shape index (κ1) is 16.1. The quantitative estimate of drug-likeness (QED) is 0.597. The molecule has 0 bridgehead atoms. The molecular weight excluding hydrogens is 268 g/mol. The maximum absolute atomic E-state index is 5.85. The van der Waals surface area contributed by atoms with Crippen LogP contribution in [0.4, 0.5) is 0 Å². The van der Waals surface area contributed by atoms with Gasteiger partial charge in [-0.15, -0.1) is 0 Å². The first-order valence-electron chi connectivity index (χ1n) is 7.77. The van der Waals surface area contributed by atoms with E-state index in [-0.39, 0.29) is 12.1 Å². The molecule has 2 unspecified atom stereocenters. The molecule has 1 aromatic rings. The fourth-order valence-corrected chi connectivity index (χ4v) is 2.71. The molecule has 21 heavy (non-hydrogen) atoms. The third-order valence-corrected chi connectivity index (χ3v) is 3.69. The van der Waals surface area contributed by atoms with Gasteiger partial charge in [-0.25, -0.2) is 0 Å². The van der Waals surface area contributed by atoms with Gasteiger partial charge in [-0.1, -0.05) is 6.07 Å². The van der Waals surface area contributed by atoms with Crippen LogP contribution in [0.2, 0.25) is 0 Å². The van der Waals surface area contributed by atoms with Gasteiger partial charge in [0, 0.05) is 6.61 Å². The van der Waals surface area contributed by atoms with Gasteiger partial charge in [-0.05, 0) is 50.8 Å². The number of rotatable bonds is 7. The highest BCUT2D eigenvalue weighted by Crippen LogP contribution is 2.33. The smallest absolute Gasteiger partial charge is 0.161 e. The Balaban J connectivity index is 2.21. The van der Waals surface area contributed by atoms with Crippen molar-refractivity contribution in [1.82, 2.24) is 5.43 Å². The molecule has 1 aliphatic heterocycles. The Hall–Kier alpha value is -1.30.